The van der Waals surface area contributed by atoms with Gasteiger partial charge in [0, 0.05) is 4.47 Å². The summed E-state index contributed by atoms with van der Waals surface area (Å²) in [5.74, 6) is -0.153. The molecule has 112 valence electrons. The van der Waals surface area contributed by atoms with Gasteiger partial charge in [-0.25, -0.2) is 4.39 Å². The molecule has 1 atom stereocenters. The Hall–Kier alpha value is -1.19. The fourth-order valence-corrected chi connectivity index (χ4v) is 2.84. The lowest BCUT2D eigenvalue weighted by Gasteiger charge is -2.22. The Kier molecular flexibility index (Phi) is 5.54. The van der Waals surface area contributed by atoms with E-state index < -0.39 is 0 Å². The van der Waals surface area contributed by atoms with Gasteiger partial charge in [0.1, 0.15) is 5.82 Å². The van der Waals surface area contributed by atoms with Crippen LogP contribution >= 0.6 is 15.9 Å². The van der Waals surface area contributed by atoms with E-state index in [1.54, 1.807) is 13.0 Å². The van der Waals surface area contributed by atoms with Gasteiger partial charge in [0.25, 0.3) is 0 Å². The van der Waals surface area contributed by atoms with Crippen LogP contribution in [0.15, 0.2) is 40.9 Å². The van der Waals surface area contributed by atoms with Crippen LogP contribution in [0.2, 0.25) is 0 Å². The first-order chi connectivity index (χ1) is 10.0. The summed E-state index contributed by atoms with van der Waals surface area (Å²) in [5, 5.41) is 3.52. The van der Waals surface area contributed by atoms with E-state index in [-0.39, 0.29) is 11.9 Å². The van der Waals surface area contributed by atoms with Gasteiger partial charge in [-0.3, -0.25) is 0 Å². The Morgan fingerprint density at radius 2 is 1.90 bits per heavy atom. The highest BCUT2D eigenvalue weighted by Gasteiger charge is 2.17. The van der Waals surface area contributed by atoms with Crippen LogP contribution in [0.4, 0.5) is 4.39 Å². The van der Waals surface area contributed by atoms with Gasteiger partial charge >= 0.3 is 0 Å². The molecular formula is C18H21BrFN. The second-order valence-electron chi connectivity index (χ2n) is 5.42. The van der Waals surface area contributed by atoms with Crippen LogP contribution in [-0.4, -0.2) is 6.54 Å². The highest BCUT2D eigenvalue weighted by Crippen LogP contribution is 2.30. The van der Waals surface area contributed by atoms with Crippen LogP contribution < -0.4 is 5.32 Å². The second kappa shape index (κ2) is 7.19. The van der Waals surface area contributed by atoms with Crippen molar-refractivity contribution in [2.45, 2.75) is 33.2 Å². The zero-order valence-electron chi connectivity index (χ0n) is 12.7. The third-order valence-corrected chi connectivity index (χ3v) is 4.31. The van der Waals surface area contributed by atoms with Gasteiger partial charge in [-0.05, 0) is 55.6 Å². The van der Waals surface area contributed by atoms with E-state index in [9.17, 15) is 4.39 Å². The minimum absolute atomic E-state index is 0.00525. The third kappa shape index (κ3) is 3.92. The molecule has 0 fully saturated rings. The summed E-state index contributed by atoms with van der Waals surface area (Å²) >= 11 is 3.62. The van der Waals surface area contributed by atoms with E-state index in [1.807, 2.05) is 12.1 Å². The Labute approximate surface area is 134 Å². The maximum Gasteiger partial charge on any atom is 0.126 e. The molecule has 2 aromatic carbocycles. The van der Waals surface area contributed by atoms with Crippen molar-refractivity contribution in [3.05, 3.63) is 68.9 Å². The van der Waals surface area contributed by atoms with Gasteiger partial charge in [-0.2, -0.15) is 0 Å². The molecule has 0 aliphatic heterocycles. The van der Waals surface area contributed by atoms with E-state index in [0.717, 1.165) is 28.6 Å². The van der Waals surface area contributed by atoms with Gasteiger partial charge in [0.2, 0.25) is 0 Å². The second-order valence-corrected chi connectivity index (χ2v) is 6.28. The molecule has 0 aliphatic rings. The number of rotatable bonds is 5. The Morgan fingerprint density at radius 1 is 1.14 bits per heavy atom. The van der Waals surface area contributed by atoms with Crippen LogP contribution in [0, 0.1) is 19.7 Å². The number of hydrogen-bond donors (Lipinski definition) is 1. The zero-order chi connectivity index (χ0) is 15.4. The largest absolute Gasteiger partial charge is 0.306 e. The van der Waals surface area contributed by atoms with E-state index in [4.69, 9.17) is 0 Å². The molecular weight excluding hydrogens is 329 g/mol. The molecule has 0 amide bonds. The molecule has 2 aromatic rings. The van der Waals surface area contributed by atoms with Gasteiger partial charge in [-0.15, -0.1) is 0 Å². The lowest BCUT2D eigenvalue weighted by atomic mass is 9.96. The number of halogens is 2. The maximum atomic E-state index is 13.9. The Balaban J connectivity index is 2.46. The Morgan fingerprint density at radius 3 is 2.57 bits per heavy atom. The van der Waals surface area contributed by atoms with Crippen molar-refractivity contribution in [3.63, 3.8) is 0 Å². The van der Waals surface area contributed by atoms with E-state index in [2.05, 4.69) is 53.3 Å². The van der Waals surface area contributed by atoms with Gasteiger partial charge in [0.15, 0.2) is 0 Å². The first-order valence-electron chi connectivity index (χ1n) is 7.28. The molecule has 0 saturated heterocycles. The van der Waals surface area contributed by atoms with Crippen molar-refractivity contribution in [2.24, 2.45) is 0 Å². The average molecular weight is 350 g/mol. The fraction of sp³-hybridized carbons (Fsp3) is 0.333. The highest BCUT2D eigenvalue weighted by molar-refractivity contribution is 9.10. The zero-order valence-corrected chi connectivity index (χ0v) is 14.3. The molecule has 0 saturated carbocycles. The van der Waals surface area contributed by atoms with Gasteiger partial charge in [-0.1, -0.05) is 52.7 Å². The van der Waals surface area contributed by atoms with Crippen LogP contribution in [0.1, 0.15) is 41.6 Å². The monoisotopic (exact) mass is 349 g/mol. The van der Waals surface area contributed by atoms with Gasteiger partial charge < -0.3 is 5.32 Å². The number of aryl methyl sites for hydroxylation is 2. The Bertz CT molecular complexity index is 625. The SMILES string of the molecule is CCCNC(c1ccc(C)c(F)c1)c1cc(C)ccc1Br. The molecule has 1 nitrogen and oxygen atoms in total. The molecule has 1 N–H and O–H groups in total. The van der Waals surface area contributed by atoms with E-state index in [1.165, 1.54) is 5.56 Å². The molecule has 21 heavy (non-hydrogen) atoms. The normalized spacial score (nSPS) is 12.4. The summed E-state index contributed by atoms with van der Waals surface area (Å²) in [6.45, 7) is 6.88. The molecule has 1 unspecified atom stereocenters. The standard InChI is InChI=1S/C18H21BrFN/c1-4-9-21-18(14-7-6-13(3)17(20)11-14)15-10-12(2)5-8-16(15)19/h5-8,10-11,18,21H,4,9H2,1-3H3. The predicted molar refractivity (Wildman–Crippen MR) is 90.2 cm³/mol. The summed E-state index contributed by atoms with van der Waals surface area (Å²) in [7, 11) is 0. The van der Waals surface area contributed by atoms with Crippen molar-refractivity contribution in [1.29, 1.82) is 0 Å². The lowest BCUT2D eigenvalue weighted by molar-refractivity contribution is 0.581. The fourth-order valence-electron chi connectivity index (χ4n) is 2.37. The number of hydrogen-bond acceptors (Lipinski definition) is 1. The van der Waals surface area contributed by atoms with Crippen molar-refractivity contribution >= 4 is 15.9 Å². The summed E-state index contributed by atoms with van der Waals surface area (Å²) in [6.07, 6.45) is 1.04. The van der Waals surface area contributed by atoms with Crippen molar-refractivity contribution in [1.82, 2.24) is 5.32 Å². The minimum Gasteiger partial charge on any atom is -0.306 e. The lowest BCUT2D eigenvalue weighted by Crippen LogP contribution is -2.23. The minimum atomic E-state index is -0.153. The quantitative estimate of drug-likeness (QED) is 0.772. The average Bonchev–Trinajstić information content (AvgIpc) is 2.46. The van der Waals surface area contributed by atoms with E-state index in [0.29, 0.717) is 5.56 Å². The van der Waals surface area contributed by atoms with Crippen molar-refractivity contribution < 1.29 is 4.39 Å². The summed E-state index contributed by atoms with van der Waals surface area (Å²) in [6, 6.07) is 11.7. The van der Waals surface area contributed by atoms with Gasteiger partial charge in [0.05, 0.1) is 6.04 Å². The molecule has 0 heterocycles. The van der Waals surface area contributed by atoms with Crippen LogP contribution in [0.3, 0.4) is 0 Å². The molecule has 0 aromatic heterocycles. The van der Waals surface area contributed by atoms with Crippen LogP contribution in [-0.2, 0) is 0 Å². The molecule has 0 spiro atoms. The third-order valence-electron chi connectivity index (χ3n) is 3.59. The topological polar surface area (TPSA) is 12.0 Å². The summed E-state index contributed by atoms with van der Waals surface area (Å²) < 4.78 is 15.0. The van der Waals surface area contributed by atoms with Crippen molar-refractivity contribution in [2.75, 3.05) is 6.54 Å². The summed E-state index contributed by atoms with van der Waals surface area (Å²) in [5.41, 5.74) is 3.98. The smallest absolute Gasteiger partial charge is 0.126 e. The van der Waals surface area contributed by atoms with E-state index >= 15 is 0 Å². The maximum absolute atomic E-state index is 13.9. The molecule has 0 aliphatic carbocycles. The summed E-state index contributed by atoms with van der Waals surface area (Å²) in [4.78, 5) is 0. The first kappa shape index (κ1) is 16.2. The molecule has 0 radical (unpaired) electrons. The van der Waals surface area contributed by atoms with Crippen LogP contribution in [0.25, 0.3) is 0 Å². The number of nitrogens with one attached hydrogen (secondary N) is 1. The molecule has 3 heteroatoms. The number of benzene rings is 2. The predicted octanol–water partition coefficient (Wildman–Crippen LogP) is 5.29. The molecule has 2 rings (SSSR count). The van der Waals surface area contributed by atoms with Crippen molar-refractivity contribution in [3.8, 4) is 0 Å². The first-order valence-corrected chi connectivity index (χ1v) is 8.07. The molecule has 0 bridgehead atoms. The van der Waals surface area contributed by atoms with Crippen LogP contribution in [0.5, 0.6) is 0 Å². The highest BCUT2D eigenvalue weighted by atomic mass is 79.9.